The number of nitrogens with one attached hydrogen (secondary N) is 2. The largest absolute Gasteiger partial charge is 0.340 e. The van der Waals surface area contributed by atoms with Gasteiger partial charge in [0.1, 0.15) is 6.04 Å². The van der Waals surface area contributed by atoms with Crippen molar-refractivity contribution < 1.29 is 9.59 Å². The van der Waals surface area contributed by atoms with Gasteiger partial charge < -0.3 is 10.6 Å². The van der Waals surface area contributed by atoms with Crippen molar-refractivity contribution in [2.45, 2.75) is 19.9 Å². The molecule has 0 aliphatic heterocycles. The number of carbonyl (C=O) groups excluding carboxylic acids is 2. The van der Waals surface area contributed by atoms with Crippen LogP contribution in [-0.4, -0.2) is 17.9 Å². The van der Waals surface area contributed by atoms with E-state index in [0.717, 1.165) is 9.26 Å². The second-order valence-corrected chi connectivity index (χ2v) is 6.81. The zero-order chi connectivity index (χ0) is 16.8. The first kappa shape index (κ1) is 17.5. The van der Waals surface area contributed by atoms with Gasteiger partial charge in [-0.1, -0.05) is 38.1 Å². The third kappa shape index (κ3) is 5.06. The van der Waals surface area contributed by atoms with Gasteiger partial charge in [0.25, 0.3) is 5.91 Å². The van der Waals surface area contributed by atoms with Gasteiger partial charge in [0.2, 0.25) is 5.91 Å². The highest BCUT2D eigenvalue weighted by molar-refractivity contribution is 14.1. The molecule has 2 rings (SSSR count). The van der Waals surface area contributed by atoms with Crippen molar-refractivity contribution in [1.82, 2.24) is 5.32 Å². The molecule has 2 aromatic carbocycles. The summed E-state index contributed by atoms with van der Waals surface area (Å²) >= 11 is 2.19. The van der Waals surface area contributed by atoms with E-state index in [1.807, 2.05) is 44.2 Å². The van der Waals surface area contributed by atoms with Gasteiger partial charge in [-0.2, -0.15) is 0 Å². The van der Waals surface area contributed by atoms with Crippen LogP contribution in [0.5, 0.6) is 0 Å². The van der Waals surface area contributed by atoms with Gasteiger partial charge in [-0.05, 0) is 58.8 Å². The number of carbonyl (C=O) groups is 2. The van der Waals surface area contributed by atoms with Crippen molar-refractivity contribution in [2.24, 2.45) is 5.92 Å². The maximum atomic E-state index is 12.5. The van der Waals surface area contributed by atoms with Crippen LogP contribution in [0.15, 0.2) is 54.6 Å². The molecule has 0 spiro atoms. The lowest BCUT2D eigenvalue weighted by Gasteiger charge is -2.22. The predicted molar refractivity (Wildman–Crippen MR) is 100 cm³/mol. The van der Waals surface area contributed by atoms with Crippen LogP contribution in [0.1, 0.15) is 24.2 Å². The number of hydrogen-bond acceptors (Lipinski definition) is 2. The van der Waals surface area contributed by atoms with Crippen LogP contribution >= 0.6 is 22.6 Å². The summed E-state index contributed by atoms with van der Waals surface area (Å²) in [4.78, 5) is 24.8. The zero-order valence-electron chi connectivity index (χ0n) is 13.0. The average Bonchev–Trinajstić information content (AvgIpc) is 2.52. The Morgan fingerprint density at radius 3 is 2.30 bits per heavy atom. The summed E-state index contributed by atoms with van der Waals surface area (Å²) < 4.78 is 1.04. The number of benzene rings is 2. The molecule has 0 aliphatic rings. The molecule has 2 amide bonds. The van der Waals surface area contributed by atoms with Crippen LogP contribution in [0.4, 0.5) is 5.69 Å². The van der Waals surface area contributed by atoms with E-state index in [1.165, 1.54) is 0 Å². The molecule has 2 aromatic rings. The van der Waals surface area contributed by atoms with Crippen LogP contribution in [0.25, 0.3) is 0 Å². The maximum Gasteiger partial charge on any atom is 0.251 e. The van der Waals surface area contributed by atoms with Gasteiger partial charge in [0.15, 0.2) is 0 Å². The van der Waals surface area contributed by atoms with Crippen LogP contribution in [0, 0.1) is 9.49 Å². The average molecular weight is 422 g/mol. The van der Waals surface area contributed by atoms with E-state index < -0.39 is 6.04 Å². The van der Waals surface area contributed by atoms with Crippen molar-refractivity contribution in [3.05, 3.63) is 63.7 Å². The first-order valence-corrected chi connectivity index (χ1v) is 8.47. The molecule has 0 heterocycles. The highest BCUT2D eigenvalue weighted by atomic mass is 127. The molecular formula is C18H19IN2O2. The molecule has 23 heavy (non-hydrogen) atoms. The van der Waals surface area contributed by atoms with Crippen molar-refractivity contribution in [3.63, 3.8) is 0 Å². The molecule has 1 atom stereocenters. The van der Waals surface area contributed by atoms with E-state index in [1.54, 1.807) is 24.3 Å². The highest BCUT2D eigenvalue weighted by Crippen LogP contribution is 2.14. The molecule has 120 valence electrons. The van der Waals surface area contributed by atoms with Gasteiger partial charge >= 0.3 is 0 Å². The Kier molecular flexibility index (Phi) is 6.15. The number of halogens is 1. The summed E-state index contributed by atoms with van der Waals surface area (Å²) in [7, 11) is 0. The molecule has 0 bridgehead atoms. The van der Waals surface area contributed by atoms with Crippen LogP contribution in [-0.2, 0) is 4.79 Å². The van der Waals surface area contributed by atoms with E-state index in [9.17, 15) is 9.59 Å². The Bertz CT molecular complexity index is 686. The second kappa shape index (κ2) is 8.10. The Morgan fingerprint density at radius 1 is 1.00 bits per heavy atom. The van der Waals surface area contributed by atoms with E-state index in [4.69, 9.17) is 0 Å². The molecule has 0 radical (unpaired) electrons. The topological polar surface area (TPSA) is 58.2 Å². The lowest BCUT2D eigenvalue weighted by molar-refractivity contribution is -0.118. The maximum absolute atomic E-state index is 12.5. The van der Waals surface area contributed by atoms with Crippen LogP contribution in [0.3, 0.4) is 0 Å². The molecular weight excluding hydrogens is 403 g/mol. The summed E-state index contributed by atoms with van der Waals surface area (Å²) in [6.07, 6.45) is 0. The van der Waals surface area contributed by atoms with Crippen molar-refractivity contribution >= 4 is 40.1 Å². The predicted octanol–water partition coefficient (Wildman–Crippen LogP) is 3.68. The minimum absolute atomic E-state index is 0.0227. The Labute approximate surface area is 149 Å². The molecule has 0 fully saturated rings. The lowest BCUT2D eigenvalue weighted by Crippen LogP contribution is -2.47. The van der Waals surface area contributed by atoms with E-state index in [2.05, 4.69) is 33.2 Å². The van der Waals surface area contributed by atoms with Crippen LogP contribution in [0.2, 0.25) is 0 Å². The molecule has 4 nitrogen and oxygen atoms in total. The normalized spacial score (nSPS) is 11.8. The van der Waals surface area contributed by atoms with E-state index >= 15 is 0 Å². The lowest BCUT2D eigenvalue weighted by atomic mass is 10.0. The van der Waals surface area contributed by atoms with E-state index in [0.29, 0.717) is 5.56 Å². The summed E-state index contributed by atoms with van der Waals surface area (Å²) in [5.41, 5.74) is 1.27. The van der Waals surface area contributed by atoms with Gasteiger partial charge in [-0.15, -0.1) is 0 Å². The molecule has 2 N–H and O–H groups in total. The summed E-state index contributed by atoms with van der Waals surface area (Å²) in [6.45, 7) is 3.81. The standard InChI is InChI=1S/C18H19IN2O2/c1-12(2)16(21-17(22)13-7-4-3-5-8-13)18(23)20-15-10-6-9-14(19)11-15/h3-12,16H,1-2H3,(H,20,23)(H,21,22). The SMILES string of the molecule is CC(C)C(NC(=O)c1ccccc1)C(=O)Nc1cccc(I)c1. The first-order valence-electron chi connectivity index (χ1n) is 7.39. The van der Waals surface area contributed by atoms with Gasteiger partial charge in [-0.3, -0.25) is 9.59 Å². The summed E-state index contributed by atoms with van der Waals surface area (Å²) in [5, 5.41) is 5.68. The molecule has 5 heteroatoms. The fourth-order valence-electron chi connectivity index (χ4n) is 2.14. The van der Waals surface area contributed by atoms with Gasteiger partial charge in [-0.25, -0.2) is 0 Å². The monoisotopic (exact) mass is 422 g/mol. The zero-order valence-corrected chi connectivity index (χ0v) is 15.2. The van der Waals surface area contributed by atoms with Crippen molar-refractivity contribution in [1.29, 1.82) is 0 Å². The Balaban J connectivity index is 2.09. The third-order valence-corrected chi connectivity index (χ3v) is 4.03. The molecule has 0 aromatic heterocycles. The number of anilines is 1. The summed E-state index contributed by atoms with van der Waals surface area (Å²) in [6, 6.07) is 15.8. The van der Waals surface area contributed by atoms with Gasteiger partial charge in [0, 0.05) is 14.8 Å². The summed E-state index contributed by atoms with van der Waals surface area (Å²) in [5.74, 6) is -0.487. The van der Waals surface area contributed by atoms with Crippen LogP contribution < -0.4 is 10.6 Å². The fourth-order valence-corrected chi connectivity index (χ4v) is 2.68. The third-order valence-electron chi connectivity index (χ3n) is 3.36. The molecule has 0 saturated carbocycles. The number of amides is 2. The van der Waals surface area contributed by atoms with Gasteiger partial charge in [0.05, 0.1) is 0 Å². The molecule has 0 saturated heterocycles. The smallest absolute Gasteiger partial charge is 0.251 e. The van der Waals surface area contributed by atoms with E-state index in [-0.39, 0.29) is 17.7 Å². The Morgan fingerprint density at radius 2 is 1.70 bits per heavy atom. The van der Waals surface area contributed by atoms with Crippen molar-refractivity contribution in [3.8, 4) is 0 Å². The highest BCUT2D eigenvalue weighted by Gasteiger charge is 2.24. The quantitative estimate of drug-likeness (QED) is 0.723. The van der Waals surface area contributed by atoms with Crippen molar-refractivity contribution in [2.75, 3.05) is 5.32 Å². The second-order valence-electron chi connectivity index (χ2n) is 5.56. The molecule has 1 unspecified atom stereocenters. The Hall–Kier alpha value is -1.89. The fraction of sp³-hybridized carbons (Fsp3) is 0.222. The first-order chi connectivity index (χ1) is 11.0. The minimum atomic E-state index is -0.597. The molecule has 0 aliphatic carbocycles. The number of rotatable bonds is 5. The minimum Gasteiger partial charge on any atom is -0.340 e. The number of hydrogen-bond donors (Lipinski definition) is 2.